The van der Waals surface area contributed by atoms with E-state index in [-0.39, 0.29) is 22.7 Å². The van der Waals surface area contributed by atoms with E-state index in [0.717, 1.165) is 57.6 Å². The number of nitrogens with one attached hydrogen (secondary N) is 2. The van der Waals surface area contributed by atoms with Gasteiger partial charge >= 0.3 is 0 Å². The third-order valence-corrected chi connectivity index (χ3v) is 8.69. The van der Waals surface area contributed by atoms with Crippen LogP contribution in [0.1, 0.15) is 22.3 Å². The Balaban J connectivity index is 1.09. The SMILES string of the molecule is COc1cc2nccc(Oc3ccc(NC(=O)c4c5c(cn(-c6ccc(F)cc6)c4=O)CCO5)cc3F)c2cc1NCCCN1CCOCC1. The molecule has 11 nitrogen and oxygen atoms in total. The van der Waals surface area contributed by atoms with Crippen LogP contribution in [0.15, 0.2) is 77.9 Å². The van der Waals surface area contributed by atoms with Gasteiger partial charge in [-0.25, -0.2) is 8.78 Å². The lowest BCUT2D eigenvalue weighted by Gasteiger charge is -2.26. The monoisotopic (exact) mass is 683 g/mol. The van der Waals surface area contributed by atoms with Crippen LogP contribution in [0.2, 0.25) is 0 Å². The van der Waals surface area contributed by atoms with E-state index >= 15 is 4.39 Å². The van der Waals surface area contributed by atoms with Gasteiger partial charge in [-0.05, 0) is 61.5 Å². The van der Waals surface area contributed by atoms with Gasteiger partial charge in [0.2, 0.25) is 0 Å². The predicted octanol–water partition coefficient (Wildman–Crippen LogP) is 5.79. The second-order valence-corrected chi connectivity index (χ2v) is 11.9. The normalized spacial score (nSPS) is 14.2. The van der Waals surface area contributed by atoms with E-state index in [1.54, 1.807) is 31.6 Å². The number of morpholine rings is 1. The molecule has 0 saturated carbocycles. The Bertz CT molecular complexity index is 2100. The van der Waals surface area contributed by atoms with Gasteiger partial charge in [0.15, 0.2) is 11.6 Å². The zero-order chi connectivity index (χ0) is 34.6. The number of fused-ring (bicyclic) bond motifs is 2. The summed E-state index contributed by atoms with van der Waals surface area (Å²) in [5.74, 6) is -0.852. The number of nitrogens with zero attached hydrogens (tertiary/aromatic N) is 3. The van der Waals surface area contributed by atoms with Crippen LogP contribution in [0, 0.1) is 11.6 Å². The van der Waals surface area contributed by atoms with Gasteiger partial charge in [-0.2, -0.15) is 0 Å². The molecule has 2 N–H and O–H groups in total. The second-order valence-electron chi connectivity index (χ2n) is 11.9. The van der Waals surface area contributed by atoms with Gasteiger partial charge in [-0.15, -0.1) is 0 Å². The highest BCUT2D eigenvalue weighted by atomic mass is 19.1. The fourth-order valence-electron chi connectivity index (χ4n) is 6.12. The molecule has 1 fully saturated rings. The number of methoxy groups -OCH3 is 1. The zero-order valence-corrected chi connectivity index (χ0v) is 27.3. The van der Waals surface area contributed by atoms with E-state index in [1.165, 1.54) is 41.0 Å². The number of aromatic nitrogens is 2. The summed E-state index contributed by atoms with van der Waals surface area (Å²) in [5, 5.41) is 6.71. The molecule has 2 aliphatic heterocycles. The fourth-order valence-corrected chi connectivity index (χ4v) is 6.12. The lowest BCUT2D eigenvalue weighted by Crippen LogP contribution is -2.37. The van der Waals surface area contributed by atoms with Crippen LogP contribution in [0.4, 0.5) is 20.2 Å². The van der Waals surface area contributed by atoms with Crippen molar-refractivity contribution >= 4 is 28.2 Å². The lowest BCUT2D eigenvalue weighted by molar-refractivity contribution is 0.0378. The number of benzene rings is 3. The topological polar surface area (TPSA) is 116 Å². The molecule has 4 heterocycles. The summed E-state index contributed by atoms with van der Waals surface area (Å²) in [5.41, 5.74) is 1.64. The first kappa shape index (κ1) is 33.0. The Morgan fingerprint density at radius 1 is 0.980 bits per heavy atom. The van der Waals surface area contributed by atoms with Gasteiger partial charge in [0.05, 0.1) is 38.1 Å². The van der Waals surface area contributed by atoms with Gasteiger partial charge in [0, 0.05) is 72.9 Å². The number of hydrogen-bond donors (Lipinski definition) is 2. The highest BCUT2D eigenvalue weighted by molar-refractivity contribution is 6.06. The minimum atomic E-state index is -0.767. The quantitative estimate of drug-likeness (QED) is 0.167. The molecule has 0 bridgehead atoms. The molecule has 1 saturated heterocycles. The van der Waals surface area contributed by atoms with Crippen LogP contribution >= 0.6 is 0 Å². The summed E-state index contributed by atoms with van der Waals surface area (Å²) in [6, 6.07) is 14.7. The Morgan fingerprint density at radius 3 is 2.58 bits per heavy atom. The van der Waals surface area contributed by atoms with Crippen molar-refractivity contribution in [2.75, 3.05) is 63.7 Å². The number of ether oxygens (including phenoxy) is 4. The molecule has 0 radical (unpaired) electrons. The minimum Gasteiger partial charge on any atom is -0.495 e. The molecular formula is C37H35F2N5O6. The van der Waals surface area contributed by atoms with Gasteiger partial charge in [-0.1, -0.05) is 0 Å². The van der Waals surface area contributed by atoms with Crippen LogP contribution in [0.25, 0.3) is 16.6 Å². The van der Waals surface area contributed by atoms with E-state index in [2.05, 4.69) is 20.5 Å². The Labute approximate surface area is 286 Å². The number of carbonyl (C=O) groups excluding carboxylic acids is 1. The first-order valence-corrected chi connectivity index (χ1v) is 16.3. The van der Waals surface area contributed by atoms with Gasteiger partial charge < -0.3 is 29.6 Å². The molecular weight excluding hydrogens is 648 g/mol. The molecule has 2 aliphatic rings. The maximum absolute atomic E-state index is 15.5. The average molecular weight is 684 g/mol. The summed E-state index contributed by atoms with van der Waals surface area (Å²) >= 11 is 0. The molecule has 2 aromatic heterocycles. The molecule has 0 atom stereocenters. The third-order valence-electron chi connectivity index (χ3n) is 8.69. The molecule has 5 aromatic rings. The van der Waals surface area contributed by atoms with E-state index < -0.39 is 23.1 Å². The zero-order valence-electron chi connectivity index (χ0n) is 27.3. The van der Waals surface area contributed by atoms with Crippen LogP contribution in [0.3, 0.4) is 0 Å². The lowest BCUT2D eigenvalue weighted by atomic mass is 10.1. The van der Waals surface area contributed by atoms with Crippen LogP contribution in [0.5, 0.6) is 23.0 Å². The standard InChI is InChI=1S/C37H35F2N5O6/c1-47-33-21-29-27(20-30(33)40-11-2-13-43-14-17-48-18-15-43)31(9-12-41-29)50-32-8-5-25(19-28(32)39)42-36(45)34-35-23(10-16-49-35)22-44(37(34)46)26-6-3-24(38)4-7-26/h3-9,12,19-22,40H,2,10-11,13-18H2,1H3,(H,42,45). The summed E-state index contributed by atoms with van der Waals surface area (Å²) in [7, 11) is 1.59. The highest BCUT2D eigenvalue weighted by Crippen LogP contribution is 2.37. The Kier molecular flexibility index (Phi) is 9.58. The average Bonchev–Trinajstić information content (AvgIpc) is 3.60. The number of pyridine rings is 2. The van der Waals surface area contributed by atoms with E-state index in [4.69, 9.17) is 18.9 Å². The number of carbonyl (C=O) groups is 1. The number of amides is 1. The maximum atomic E-state index is 15.5. The fraction of sp³-hybridized carbons (Fsp3) is 0.270. The van der Waals surface area contributed by atoms with Gasteiger partial charge in [0.1, 0.15) is 28.6 Å². The number of halogens is 2. The van der Waals surface area contributed by atoms with Crippen molar-refractivity contribution in [3.05, 3.63) is 106 Å². The molecule has 0 unspecified atom stereocenters. The van der Waals surface area contributed by atoms with Crippen LogP contribution in [-0.4, -0.2) is 73.5 Å². The Morgan fingerprint density at radius 2 is 1.80 bits per heavy atom. The predicted molar refractivity (Wildman–Crippen MR) is 184 cm³/mol. The van der Waals surface area contributed by atoms with Gasteiger partial charge in [-0.3, -0.25) is 24.0 Å². The first-order valence-electron chi connectivity index (χ1n) is 16.3. The summed E-state index contributed by atoms with van der Waals surface area (Å²) in [6.45, 7) is 5.34. The van der Waals surface area contributed by atoms with Crippen LogP contribution < -0.4 is 30.4 Å². The summed E-state index contributed by atoms with van der Waals surface area (Å²) in [4.78, 5) is 33.8. The smallest absolute Gasteiger partial charge is 0.271 e. The number of rotatable bonds is 11. The molecule has 3 aromatic carbocycles. The van der Waals surface area contributed by atoms with Crippen molar-refractivity contribution in [2.24, 2.45) is 0 Å². The van der Waals surface area contributed by atoms with Crippen molar-refractivity contribution in [3.8, 4) is 28.7 Å². The third kappa shape index (κ3) is 6.96. The highest BCUT2D eigenvalue weighted by Gasteiger charge is 2.27. The van der Waals surface area contributed by atoms with Crippen molar-refractivity contribution < 1.29 is 32.5 Å². The summed E-state index contributed by atoms with van der Waals surface area (Å²) in [6.07, 6.45) is 4.57. The van der Waals surface area contributed by atoms with Crippen molar-refractivity contribution in [2.45, 2.75) is 12.8 Å². The maximum Gasteiger partial charge on any atom is 0.271 e. The van der Waals surface area contributed by atoms with Crippen molar-refractivity contribution in [3.63, 3.8) is 0 Å². The van der Waals surface area contributed by atoms with Crippen LogP contribution in [-0.2, 0) is 11.2 Å². The van der Waals surface area contributed by atoms with Crippen molar-refractivity contribution in [1.29, 1.82) is 0 Å². The molecule has 258 valence electrons. The minimum absolute atomic E-state index is 0.0751. The molecule has 0 spiro atoms. The van der Waals surface area contributed by atoms with E-state index in [0.29, 0.717) is 46.7 Å². The van der Waals surface area contributed by atoms with Crippen molar-refractivity contribution in [1.82, 2.24) is 14.5 Å². The second kappa shape index (κ2) is 14.5. The number of hydrogen-bond acceptors (Lipinski definition) is 9. The van der Waals surface area contributed by atoms with E-state index in [1.807, 2.05) is 6.07 Å². The molecule has 50 heavy (non-hydrogen) atoms. The first-order chi connectivity index (χ1) is 24.4. The van der Waals surface area contributed by atoms with Gasteiger partial charge in [0.25, 0.3) is 11.5 Å². The number of anilines is 2. The van der Waals surface area contributed by atoms with E-state index in [9.17, 15) is 14.0 Å². The Hall–Kier alpha value is -5.53. The summed E-state index contributed by atoms with van der Waals surface area (Å²) < 4.78 is 53.1. The molecule has 1 amide bonds. The molecule has 13 heteroatoms. The molecule has 0 aliphatic carbocycles. The largest absolute Gasteiger partial charge is 0.495 e. The molecule has 7 rings (SSSR count).